The third kappa shape index (κ3) is 4.67. The molecule has 1 aliphatic rings. The first-order valence-corrected chi connectivity index (χ1v) is 7.37. The summed E-state index contributed by atoms with van der Waals surface area (Å²) < 4.78 is 0. The first-order chi connectivity index (χ1) is 9.28. The van der Waals surface area contributed by atoms with E-state index in [1.54, 1.807) is 0 Å². The number of benzene rings is 1. The number of nitrogens with two attached hydrogens (primary N) is 1. The number of nitrogens with one attached hydrogen (secondary N) is 1. The van der Waals surface area contributed by atoms with Crippen molar-refractivity contribution in [3.63, 3.8) is 0 Å². The van der Waals surface area contributed by atoms with Crippen molar-refractivity contribution in [2.45, 2.75) is 51.5 Å². The number of carbonyl (C=O) groups excluding carboxylic acids is 1. The van der Waals surface area contributed by atoms with Gasteiger partial charge in [0.25, 0.3) is 0 Å². The molecule has 0 saturated heterocycles. The normalized spacial score (nSPS) is 16.3. The molecule has 2 rings (SSSR count). The van der Waals surface area contributed by atoms with Crippen LogP contribution in [0.2, 0.25) is 0 Å². The summed E-state index contributed by atoms with van der Waals surface area (Å²) in [5.41, 5.74) is 7.49. The van der Waals surface area contributed by atoms with Crippen LogP contribution in [0.4, 0.5) is 5.69 Å². The fourth-order valence-electron chi connectivity index (χ4n) is 2.76. The van der Waals surface area contributed by atoms with E-state index < -0.39 is 0 Å². The van der Waals surface area contributed by atoms with E-state index in [1.807, 2.05) is 24.3 Å². The van der Waals surface area contributed by atoms with Gasteiger partial charge in [0.1, 0.15) is 0 Å². The third-order valence-corrected chi connectivity index (χ3v) is 3.98. The molecule has 104 valence electrons. The van der Waals surface area contributed by atoms with Gasteiger partial charge < -0.3 is 11.1 Å². The molecule has 1 aromatic rings. The zero-order chi connectivity index (χ0) is 13.5. The summed E-state index contributed by atoms with van der Waals surface area (Å²) in [4.78, 5) is 11.9. The molecule has 1 saturated carbocycles. The van der Waals surface area contributed by atoms with Gasteiger partial charge in [-0.1, -0.05) is 44.2 Å². The average molecular weight is 260 g/mol. The van der Waals surface area contributed by atoms with E-state index in [4.69, 9.17) is 5.73 Å². The van der Waals surface area contributed by atoms with Crippen LogP contribution in [0.25, 0.3) is 0 Å². The van der Waals surface area contributed by atoms with E-state index in [0.29, 0.717) is 13.0 Å². The largest absolute Gasteiger partial charge is 0.326 e. The second-order valence-electron chi connectivity index (χ2n) is 5.49. The fraction of sp³-hybridized carbons (Fsp3) is 0.562. The summed E-state index contributed by atoms with van der Waals surface area (Å²) in [6.45, 7) is 0.538. The highest BCUT2D eigenvalue weighted by molar-refractivity contribution is 5.90. The highest BCUT2D eigenvalue weighted by Gasteiger charge is 2.14. The van der Waals surface area contributed by atoms with E-state index in [9.17, 15) is 4.79 Å². The zero-order valence-corrected chi connectivity index (χ0v) is 11.5. The Morgan fingerprint density at radius 3 is 2.47 bits per heavy atom. The Hall–Kier alpha value is -1.35. The number of hydrogen-bond acceptors (Lipinski definition) is 2. The van der Waals surface area contributed by atoms with Crippen molar-refractivity contribution >= 4 is 11.6 Å². The highest BCUT2D eigenvalue weighted by atomic mass is 16.1. The van der Waals surface area contributed by atoms with Crippen molar-refractivity contribution in [1.29, 1.82) is 0 Å². The average Bonchev–Trinajstić information content (AvgIpc) is 2.47. The lowest BCUT2D eigenvalue weighted by atomic mass is 9.86. The number of rotatable bonds is 5. The summed E-state index contributed by atoms with van der Waals surface area (Å²) in [5, 5.41) is 2.95. The molecule has 0 spiro atoms. The van der Waals surface area contributed by atoms with E-state index in [-0.39, 0.29) is 5.91 Å². The van der Waals surface area contributed by atoms with Gasteiger partial charge in [0, 0.05) is 18.7 Å². The maximum absolute atomic E-state index is 11.9. The van der Waals surface area contributed by atoms with Crippen molar-refractivity contribution in [2.24, 2.45) is 11.7 Å². The Morgan fingerprint density at radius 2 is 1.84 bits per heavy atom. The Kier molecular flexibility index (Phi) is 5.40. The molecule has 0 heterocycles. The molecule has 0 aliphatic heterocycles. The molecule has 1 amide bonds. The van der Waals surface area contributed by atoms with Gasteiger partial charge in [0.2, 0.25) is 5.91 Å². The van der Waals surface area contributed by atoms with Gasteiger partial charge in [0.05, 0.1) is 0 Å². The first kappa shape index (κ1) is 14.1. The number of anilines is 1. The molecule has 1 fully saturated rings. The Balaban J connectivity index is 1.73. The predicted molar refractivity (Wildman–Crippen MR) is 78.8 cm³/mol. The summed E-state index contributed by atoms with van der Waals surface area (Å²) in [7, 11) is 0. The summed E-state index contributed by atoms with van der Waals surface area (Å²) in [6.07, 6.45) is 8.34. The lowest BCUT2D eigenvalue weighted by Crippen LogP contribution is -2.14. The van der Waals surface area contributed by atoms with Gasteiger partial charge in [-0.05, 0) is 30.0 Å². The van der Waals surface area contributed by atoms with Crippen molar-refractivity contribution in [3.8, 4) is 0 Å². The number of hydrogen-bond donors (Lipinski definition) is 2. The van der Waals surface area contributed by atoms with E-state index >= 15 is 0 Å². The minimum absolute atomic E-state index is 0.131. The molecule has 19 heavy (non-hydrogen) atoms. The molecule has 0 bridgehead atoms. The first-order valence-electron chi connectivity index (χ1n) is 7.37. The van der Waals surface area contributed by atoms with Crippen LogP contribution in [0.1, 0.15) is 50.5 Å². The monoisotopic (exact) mass is 260 g/mol. The van der Waals surface area contributed by atoms with Crippen LogP contribution < -0.4 is 11.1 Å². The second-order valence-corrected chi connectivity index (χ2v) is 5.49. The molecule has 3 nitrogen and oxygen atoms in total. The maximum Gasteiger partial charge on any atom is 0.224 e. The molecular formula is C16H24N2O. The SMILES string of the molecule is NCc1ccc(NC(=O)CCC2CCCCC2)cc1. The van der Waals surface area contributed by atoms with Crippen LogP contribution >= 0.6 is 0 Å². The molecule has 3 N–H and O–H groups in total. The molecule has 0 radical (unpaired) electrons. The van der Waals surface area contributed by atoms with Gasteiger partial charge in [-0.3, -0.25) is 4.79 Å². The minimum Gasteiger partial charge on any atom is -0.326 e. The number of amides is 1. The van der Waals surface area contributed by atoms with Gasteiger partial charge in [0.15, 0.2) is 0 Å². The smallest absolute Gasteiger partial charge is 0.224 e. The van der Waals surface area contributed by atoms with E-state index in [1.165, 1.54) is 32.1 Å². The van der Waals surface area contributed by atoms with Crippen LogP contribution in [-0.4, -0.2) is 5.91 Å². The molecule has 3 heteroatoms. The van der Waals surface area contributed by atoms with Gasteiger partial charge >= 0.3 is 0 Å². The second kappa shape index (κ2) is 7.29. The molecule has 1 aliphatic carbocycles. The van der Waals surface area contributed by atoms with Crippen LogP contribution in [0.15, 0.2) is 24.3 Å². The van der Waals surface area contributed by atoms with Crippen LogP contribution in [-0.2, 0) is 11.3 Å². The molecule has 0 unspecified atom stereocenters. The Bertz CT molecular complexity index is 394. The van der Waals surface area contributed by atoms with Gasteiger partial charge in [-0.25, -0.2) is 0 Å². The van der Waals surface area contributed by atoms with Gasteiger partial charge in [-0.15, -0.1) is 0 Å². The summed E-state index contributed by atoms with van der Waals surface area (Å²) in [6, 6.07) is 7.74. The van der Waals surface area contributed by atoms with Crippen molar-refractivity contribution in [2.75, 3.05) is 5.32 Å². The molecular weight excluding hydrogens is 236 g/mol. The third-order valence-electron chi connectivity index (χ3n) is 3.98. The predicted octanol–water partition coefficient (Wildman–Crippen LogP) is 3.44. The van der Waals surface area contributed by atoms with Crippen molar-refractivity contribution in [1.82, 2.24) is 0 Å². The van der Waals surface area contributed by atoms with Crippen molar-refractivity contribution < 1.29 is 4.79 Å². The Morgan fingerprint density at radius 1 is 1.16 bits per heavy atom. The topological polar surface area (TPSA) is 55.1 Å². The van der Waals surface area contributed by atoms with Crippen LogP contribution in [0, 0.1) is 5.92 Å². The molecule has 1 aromatic carbocycles. The number of carbonyl (C=O) groups is 1. The molecule has 0 atom stereocenters. The summed E-state index contributed by atoms with van der Waals surface area (Å²) >= 11 is 0. The Labute approximate surface area is 115 Å². The lowest BCUT2D eigenvalue weighted by Gasteiger charge is -2.21. The molecule has 0 aromatic heterocycles. The highest BCUT2D eigenvalue weighted by Crippen LogP contribution is 2.27. The summed E-state index contributed by atoms with van der Waals surface area (Å²) in [5.74, 6) is 0.894. The standard InChI is InChI=1S/C16H24N2O/c17-12-14-6-9-15(10-7-14)18-16(19)11-8-13-4-2-1-3-5-13/h6-7,9-10,13H,1-5,8,11-12,17H2,(H,18,19). The van der Waals surface area contributed by atoms with E-state index in [2.05, 4.69) is 5.32 Å². The maximum atomic E-state index is 11.9. The van der Waals surface area contributed by atoms with Crippen molar-refractivity contribution in [3.05, 3.63) is 29.8 Å². The fourth-order valence-corrected chi connectivity index (χ4v) is 2.76. The zero-order valence-electron chi connectivity index (χ0n) is 11.5. The quantitative estimate of drug-likeness (QED) is 0.852. The van der Waals surface area contributed by atoms with E-state index in [0.717, 1.165) is 23.6 Å². The van der Waals surface area contributed by atoms with Crippen LogP contribution in [0.5, 0.6) is 0 Å². The van der Waals surface area contributed by atoms with Gasteiger partial charge in [-0.2, -0.15) is 0 Å². The van der Waals surface area contributed by atoms with Crippen LogP contribution in [0.3, 0.4) is 0 Å². The lowest BCUT2D eigenvalue weighted by molar-refractivity contribution is -0.116. The minimum atomic E-state index is 0.131.